The fourth-order valence-electron chi connectivity index (χ4n) is 3.54. The minimum Gasteiger partial charge on any atom is -0.497 e. The van der Waals surface area contributed by atoms with Gasteiger partial charge in [0.1, 0.15) is 17.9 Å². The minimum absolute atomic E-state index is 0.271. The number of rotatable bonds is 4. The number of ether oxygens (including phenoxy) is 1. The van der Waals surface area contributed by atoms with Crippen LogP contribution in [-0.2, 0) is 0 Å². The first-order valence-corrected chi connectivity index (χ1v) is 9.42. The van der Waals surface area contributed by atoms with E-state index in [1.165, 1.54) is 12.1 Å². The van der Waals surface area contributed by atoms with Gasteiger partial charge in [-0.05, 0) is 66.2 Å². The third-order valence-corrected chi connectivity index (χ3v) is 5.08. The number of fused-ring (bicyclic) bond motifs is 1. The maximum atomic E-state index is 13.3. The third-order valence-electron chi connectivity index (χ3n) is 5.08. The first-order chi connectivity index (χ1) is 14.7. The van der Waals surface area contributed by atoms with Gasteiger partial charge in [-0.25, -0.2) is 14.4 Å². The quantitative estimate of drug-likeness (QED) is 0.436. The van der Waals surface area contributed by atoms with Gasteiger partial charge in [0, 0.05) is 22.1 Å². The van der Waals surface area contributed by atoms with E-state index < -0.39 is 0 Å². The van der Waals surface area contributed by atoms with Gasteiger partial charge < -0.3 is 4.74 Å². The lowest BCUT2D eigenvalue weighted by Gasteiger charge is -2.09. The van der Waals surface area contributed by atoms with Crippen LogP contribution in [0.1, 0.15) is 0 Å². The lowest BCUT2D eigenvalue weighted by Crippen LogP contribution is -1.91. The van der Waals surface area contributed by atoms with Gasteiger partial charge in [0.25, 0.3) is 0 Å². The van der Waals surface area contributed by atoms with E-state index in [2.05, 4.69) is 26.2 Å². The largest absolute Gasteiger partial charge is 0.497 e. The van der Waals surface area contributed by atoms with Gasteiger partial charge in [-0.3, -0.25) is 5.10 Å². The molecule has 0 aliphatic carbocycles. The van der Waals surface area contributed by atoms with Gasteiger partial charge in [-0.2, -0.15) is 5.10 Å². The molecule has 5 aromatic rings. The second kappa shape index (κ2) is 7.40. The standard InChI is InChI=1S/C24H17FN4O/c1-30-19-9-4-15(5-10-19)23-20-12-17(6-11-22(20)26-14-27-23)21-13-28-29-24(21)16-2-7-18(25)8-3-16/h2-14H,1H3,(H,28,29). The maximum Gasteiger partial charge on any atom is 0.123 e. The second-order valence-corrected chi connectivity index (χ2v) is 6.85. The molecule has 0 saturated heterocycles. The van der Waals surface area contributed by atoms with Crippen LogP contribution in [0.25, 0.3) is 44.5 Å². The summed E-state index contributed by atoms with van der Waals surface area (Å²) in [7, 11) is 1.64. The van der Waals surface area contributed by atoms with Gasteiger partial charge in [0.05, 0.1) is 30.2 Å². The molecule has 5 rings (SSSR count). The van der Waals surface area contributed by atoms with E-state index in [0.717, 1.165) is 50.3 Å². The van der Waals surface area contributed by atoms with Gasteiger partial charge >= 0.3 is 0 Å². The molecule has 0 fully saturated rings. The number of nitrogens with one attached hydrogen (secondary N) is 1. The van der Waals surface area contributed by atoms with Gasteiger partial charge in [0.15, 0.2) is 0 Å². The van der Waals surface area contributed by atoms with Gasteiger partial charge in [0.2, 0.25) is 0 Å². The molecule has 0 spiro atoms. The number of nitrogens with zero attached hydrogens (tertiary/aromatic N) is 3. The Kier molecular flexibility index (Phi) is 4.44. The van der Waals surface area contributed by atoms with Gasteiger partial charge in [-0.15, -0.1) is 0 Å². The Bertz CT molecular complexity index is 1330. The van der Waals surface area contributed by atoms with E-state index in [4.69, 9.17) is 4.74 Å². The van der Waals surface area contributed by atoms with E-state index in [1.807, 2.05) is 36.4 Å². The highest BCUT2D eigenvalue weighted by Crippen LogP contribution is 2.34. The molecule has 0 aliphatic rings. The third kappa shape index (κ3) is 3.18. The number of aromatic amines is 1. The van der Waals surface area contributed by atoms with Crippen molar-refractivity contribution < 1.29 is 9.13 Å². The molecule has 30 heavy (non-hydrogen) atoms. The lowest BCUT2D eigenvalue weighted by atomic mass is 9.98. The SMILES string of the molecule is COc1ccc(-c2ncnc3ccc(-c4cn[nH]c4-c4ccc(F)cc4)cc23)cc1. The molecule has 2 heterocycles. The van der Waals surface area contributed by atoms with E-state index in [1.54, 1.807) is 31.8 Å². The summed E-state index contributed by atoms with van der Waals surface area (Å²) in [6.45, 7) is 0. The van der Waals surface area contributed by atoms with E-state index in [-0.39, 0.29) is 5.82 Å². The van der Waals surface area contributed by atoms with Crippen molar-refractivity contribution >= 4 is 10.9 Å². The predicted molar refractivity (Wildman–Crippen MR) is 115 cm³/mol. The summed E-state index contributed by atoms with van der Waals surface area (Å²) in [5.74, 6) is 0.520. The van der Waals surface area contributed by atoms with Crippen LogP contribution >= 0.6 is 0 Å². The van der Waals surface area contributed by atoms with Crippen LogP contribution in [0.3, 0.4) is 0 Å². The first kappa shape index (κ1) is 18.0. The molecule has 0 aliphatic heterocycles. The molecule has 0 amide bonds. The summed E-state index contributed by atoms with van der Waals surface area (Å²) in [6, 6.07) is 20.2. The molecule has 0 bridgehead atoms. The molecule has 5 nitrogen and oxygen atoms in total. The fraction of sp³-hybridized carbons (Fsp3) is 0.0417. The molecule has 0 saturated carbocycles. The van der Waals surface area contributed by atoms with Crippen LogP contribution in [0.15, 0.2) is 79.3 Å². The number of halogens is 1. The Morgan fingerprint density at radius 3 is 2.33 bits per heavy atom. The van der Waals surface area contributed by atoms with Crippen LogP contribution in [-0.4, -0.2) is 27.3 Å². The Morgan fingerprint density at radius 2 is 1.57 bits per heavy atom. The van der Waals surface area contributed by atoms with Crippen LogP contribution in [0.5, 0.6) is 5.75 Å². The highest BCUT2D eigenvalue weighted by Gasteiger charge is 2.13. The van der Waals surface area contributed by atoms with E-state index >= 15 is 0 Å². The molecule has 3 aromatic carbocycles. The van der Waals surface area contributed by atoms with Gasteiger partial charge in [-0.1, -0.05) is 6.07 Å². The molecule has 1 N–H and O–H groups in total. The molecular weight excluding hydrogens is 379 g/mol. The maximum absolute atomic E-state index is 13.3. The average Bonchev–Trinajstić information content (AvgIpc) is 3.29. The topological polar surface area (TPSA) is 63.7 Å². The Hall–Kier alpha value is -4.06. The second-order valence-electron chi connectivity index (χ2n) is 6.85. The Balaban J connectivity index is 1.64. The van der Waals surface area contributed by atoms with Crippen LogP contribution in [0.4, 0.5) is 4.39 Å². The minimum atomic E-state index is -0.271. The number of aromatic nitrogens is 4. The Labute approximate surface area is 172 Å². The smallest absolute Gasteiger partial charge is 0.123 e. The summed E-state index contributed by atoms with van der Waals surface area (Å²) in [5.41, 5.74) is 6.27. The van der Waals surface area contributed by atoms with Crippen molar-refractivity contribution in [2.45, 2.75) is 0 Å². The number of hydrogen-bond donors (Lipinski definition) is 1. The molecular formula is C24H17FN4O. The summed E-state index contributed by atoms with van der Waals surface area (Å²) in [6.07, 6.45) is 3.35. The molecule has 2 aromatic heterocycles. The van der Waals surface area contributed by atoms with Crippen molar-refractivity contribution in [3.63, 3.8) is 0 Å². The fourth-order valence-corrected chi connectivity index (χ4v) is 3.54. The summed E-state index contributed by atoms with van der Waals surface area (Å²) >= 11 is 0. The van der Waals surface area contributed by atoms with Crippen LogP contribution in [0, 0.1) is 5.82 Å². The van der Waals surface area contributed by atoms with Crippen molar-refractivity contribution in [1.82, 2.24) is 20.2 Å². The van der Waals surface area contributed by atoms with Crippen molar-refractivity contribution in [1.29, 1.82) is 0 Å². The molecule has 0 atom stereocenters. The highest BCUT2D eigenvalue weighted by molar-refractivity contribution is 5.96. The molecule has 0 radical (unpaired) electrons. The zero-order valence-corrected chi connectivity index (χ0v) is 16.1. The number of hydrogen-bond acceptors (Lipinski definition) is 4. The normalized spacial score (nSPS) is 11.0. The summed E-state index contributed by atoms with van der Waals surface area (Å²) in [5, 5.41) is 8.18. The highest BCUT2D eigenvalue weighted by atomic mass is 19.1. The lowest BCUT2D eigenvalue weighted by molar-refractivity contribution is 0.415. The molecule has 6 heteroatoms. The Morgan fingerprint density at radius 1 is 0.833 bits per heavy atom. The van der Waals surface area contributed by atoms with E-state index in [9.17, 15) is 4.39 Å². The molecule has 0 unspecified atom stereocenters. The van der Waals surface area contributed by atoms with E-state index in [0.29, 0.717) is 0 Å². The number of benzene rings is 3. The molecule has 146 valence electrons. The number of methoxy groups -OCH3 is 1. The van der Waals surface area contributed by atoms with Crippen LogP contribution in [0.2, 0.25) is 0 Å². The first-order valence-electron chi connectivity index (χ1n) is 9.42. The predicted octanol–water partition coefficient (Wildman–Crippen LogP) is 5.50. The zero-order valence-electron chi connectivity index (χ0n) is 16.1. The average molecular weight is 396 g/mol. The number of H-pyrrole nitrogens is 1. The van der Waals surface area contributed by atoms with Crippen molar-refractivity contribution in [3.05, 3.63) is 85.1 Å². The zero-order chi connectivity index (χ0) is 20.5. The van der Waals surface area contributed by atoms with Crippen LogP contribution < -0.4 is 4.74 Å². The monoisotopic (exact) mass is 396 g/mol. The van der Waals surface area contributed by atoms with Crippen molar-refractivity contribution in [2.24, 2.45) is 0 Å². The summed E-state index contributed by atoms with van der Waals surface area (Å²) in [4.78, 5) is 8.94. The van der Waals surface area contributed by atoms with Crippen molar-refractivity contribution in [2.75, 3.05) is 7.11 Å². The van der Waals surface area contributed by atoms with Crippen molar-refractivity contribution in [3.8, 4) is 39.4 Å². The summed E-state index contributed by atoms with van der Waals surface area (Å²) < 4.78 is 18.6.